The van der Waals surface area contributed by atoms with Gasteiger partial charge in [0.2, 0.25) is 0 Å². The Kier molecular flexibility index (Phi) is 4.36. The van der Waals surface area contributed by atoms with Crippen molar-refractivity contribution in [1.29, 1.82) is 0 Å². The van der Waals surface area contributed by atoms with Gasteiger partial charge in [-0.25, -0.2) is 0 Å². The Bertz CT molecular complexity index is 702. The van der Waals surface area contributed by atoms with Gasteiger partial charge in [0.1, 0.15) is 0 Å². The van der Waals surface area contributed by atoms with E-state index in [4.69, 9.17) is 0 Å². The second-order valence-electron chi connectivity index (χ2n) is 4.76. The van der Waals surface area contributed by atoms with Crippen LogP contribution in [0, 0.1) is 6.92 Å². The summed E-state index contributed by atoms with van der Waals surface area (Å²) in [6.07, 6.45) is 10.9. The van der Waals surface area contributed by atoms with Crippen LogP contribution in [0.3, 0.4) is 0 Å². The summed E-state index contributed by atoms with van der Waals surface area (Å²) in [5.41, 5.74) is 4.19. The van der Waals surface area contributed by atoms with E-state index in [1.807, 2.05) is 32.1 Å². The summed E-state index contributed by atoms with van der Waals surface area (Å²) >= 11 is 0. The van der Waals surface area contributed by atoms with Crippen molar-refractivity contribution in [3.63, 3.8) is 0 Å². The minimum atomic E-state index is 0.752. The lowest BCUT2D eigenvalue weighted by Crippen LogP contribution is -1.98. The number of carbonyl (C=O) groups is 1. The number of nitrogens with zero attached hydrogens (tertiary/aromatic N) is 1. The lowest BCUT2D eigenvalue weighted by atomic mass is 10.1. The average molecular weight is 265 g/mol. The average Bonchev–Trinajstić information content (AvgIpc) is 2.80. The van der Waals surface area contributed by atoms with E-state index in [0.29, 0.717) is 0 Å². The Morgan fingerprint density at radius 1 is 1.40 bits per heavy atom. The van der Waals surface area contributed by atoms with Crippen LogP contribution in [0.1, 0.15) is 22.8 Å². The molecule has 2 nitrogen and oxygen atoms in total. The molecule has 0 amide bonds. The van der Waals surface area contributed by atoms with Gasteiger partial charge < -0.3 is 4.57 Å². The van der Waals surface area contributed by atoms with Gasteiger partial charge in [-0.05, 0) is 31.1 Å². The van der Waals surface area contributed by atoms with E-state index in [0.717, 1.165) is 34.9 Å². The van der Waals surface area contributed by atoms with Gasteiger partial charge in [0.05, 0.1) is 0 Å². The first kappa shape index (κ1) is 14.1. The molecule has 2 heteroatoms. The molecule has 0 saturated carbocycles. The normalized spacial score (nSPS) is 12.2. The number of aryl methyl sites for hydroxylation is 1. The summed E-state index contributed by atoms with van der Waals surface area (Å²) in [5, 5.41) is 1.05. The molecule has 2 rings (SSSR count). The van der Waals surface area contributed by atoms with Crippen LogP contribution in [0.2, 0.25) is 0 Å². The highest BCUT2D eigenvalue weighted by Gasteiger charge is 2.09. The number of benzene rings is 1. The molecule has 0 saturated heterocycles. The van der Waals surface area contributed by atoms with Crippen LogP contribution in [-0.2, 0) is 6.54 Å². The van der Waals surface area contributed by atoms with E-state index >= 15 is 0 Å². The van der Waals surface area contributed by atoms with Gasteiger partial charge in [-0.2, -0.15) is 0 Å². The predicted molar refractivity (Wildman–Crippen MR) is 85.2 cm³/mol. The number of aldehydes is 1. The van der Waals surface area contributed by atoms with Crippen molar-refractivity contribution < 1.29 is 4.79 Å². The van der Waals surface area contributed by atoms with Crippen molar-refractivity contribution in [2.75, 3.05) is 0 Å². The maximum absolute atomic E-state index is 11.2. The fourth-order valence-electron chi connectivity index (χ4n) is 2.45. The highest BCUT2D eigenvalue weighted by atomic mass is 16.1. The number of carbonyl (C=O) groups excluding carboxylic acids is 1. The molecule has 0 aliphatic carbocycles. The van der Waals surface area contributed by atoms with E-state index in [9.17, 15) is 4.79 Å². The molecule has 0 bridgehead atoms. The maximum Gasteiger partial charge on any atom is 0.150 e. The lowest BCUT2D eigenvalue weighted by Gasteiger charge is -2.06. The van der Waals surface area contributed by atoms with Crippen molar-refractivity contribution in [3.05, 3.63) is 72.0 Å². The molecule has 0 spiro atoms. The zero-order valence-electron chi connectivity index (χ0n) is 12.0. The molecule has 0 fully saturated rings. The molecule has 0 radical (unpaired) electrons. The van der Waals surface area contributed by atoms with Crippen molar-refractivity contribution in [3.8, 4) is 0 Å². The molecule has 1 aromatic heterocycles. The molecule has 0 N–H and O–H groups in total. The molecular weight excluding hydrogens is 246 g/mol. The van der Waals surface area contributed by atoms with Gasteiger partial charge in [0.25, 0.3) is 0 Å². The Morgan fingerprint density at radius 2 is 2.20 bits per heavy atom. The standard InChI is InChI=1S/C18H19NO/c1-4-6-8-15(5-2)12-19-11-14(3)18-16(13-20)9-7-10-17(18)19/h4-11,13H,1,12H2,2-3H3/b8-6-,15-5+. The number of allylic oxidation sites excluding steroid dienone is 5. The summed E-state index contributed by atoms with van der Waals surface area (Å²) in [4.78, 5) is 11.2. The number of rotatable bonds is 5. The third-order valence-electron chi connectivity index (χ3n) is 3.43. The van der Waals surface area contributed by atoms with Gasteiger partial charge in [-0.1, -0.05) is 43.0 Å². The van der Waals surface area contributed by atoms with Crippen LogP contribution in [0.4, 0.5) is 0 Å². The SMILES string of the molecule is C=C/C=C\C(=C/C)Cn1cc(C)c2c(C=O)cccc21. The molecular formula is C18H19NO. The smallest absolute Gasteiger partial charge is 0.150 e. The topological polar surface area (TPSA) is 22.0 Å². The fraction of sp³-hybridized carbons (Fsp3) is 0.167. The van der Waals surface area contributed by atoms with Crippen LogP contribution in [-0.4, -0.2) is 10.9 Å². The van der Waals surface area contributed by atoms with Crippen molar-refractivity contribution in [1.82, 2.24) is 4.57 Å². The van der Waals surface area contributed by atoms with Crippen molar-refractivity contribution in [2.45, 2.75) is 20.4 Å². The first-order chi connectivity index (χ1) is 9.71. The first-order valence-corrected chi connectivity index (χ1v) is 6.69. The van der Waals surface area contributed by atoms with Crippen LogP contribution in [0.5, 0.6) is 0 Å². The minimum absolute atomic E-state index is 0.752. The Labute approximate surface area is 119 Å². The molecule has 1 heterocycles. The van der Waals surface area contributed by atoms with Crippen molar-refractivity contribution >= 4 is 17.2 Å². The lowest BCUT2D eigenvalue weighted by molar-refractivity contribution is 0.112. The first-order valence-electron chi connectivity index (χ1n) is 6.69. The van der Waals surface area contributed by atoms with Gasteiger partial charge >= 0.3 is 0 Å². The second-order valence-corrected chi connectivity index (χ2v) is 4.76. The largest absolute Gasteiger partial charge is 0.343 e. The minimum Gasteiger partial charge on any atom is -0.343 e. The molecule has 1 aromatic carbocycles. The highest BCUT2D eigenvalue weighted by Crippen LogP contribution is 2.24. The third kappa shape index (κ3) is 2.64. The van der Waals surface area contributed by atoms with E-state index in [1.54, 1.807) is 6.08 Å². The molecule has 20 heavy (non-hydrogen) atoms. The summed E-state index contributed by atoms with van der Waals surface area (Å²) in [6.45, 7) is 8.54. The molecule has 0 aliphatic heterocycles. The zero-order chi connectivity index (χ0) is 14.5. The van der Waals surface area contributed by atoms with Crippen LogP contribution >= 0.6 is 0 Å². The fourth-order valence-corrected chi connectivity index (χ4v) is 2.45. The molecule has 102 valence electrons. The zero-order valence-corrected chi connectivity index (χ0v) is 12.0. The van der Waals surface area contributed by atoms with E-state index < -0.39 is 0 Å². The van der Waals surface area contributed by atoms with Crippen LogP contribution < -0.4 is 0 Å². The van der Waals surface area contributed by atoms with E-state index in [-0.39, 0.29) is 0 Å². The summed E-state index contributed by atoms with van der Waals surface area (Å²) in [6, 6.07) is 5.84. The van der Waals surface area contributed by atoms with Gasteiger partial charge in [-0.15, -0.1) is 0 Å². The number of hydrogen-bond donors (Lipinski definition) is 0. The predicted octanol–water partition coefficient (Wildman–Crippen LogP) is 4.45. The number of hydrogen-bond acceptors (Lipinski definition) is 1. The van der Waals surface area contributed by atoms with E-state index in [1.165, 1.54) is 5.57 Å². The molecule has 0 aliphatic rings. The highest BCUT2D eigenvalue weighted by molar-refractivity contribution is 5.99. The van der Waals surface area contributed by atoms with E-state index in [2.05, 4.69) is 35.6 Å². The Hall–Kier alpha value is -2.35. The molecule has 0 unspecified atom stereocenters. The summed E-state index contributed by atoms with van der Waals surface area (Å²) in [5.74, 6) is 0. The Balaban J connectivity index is 2.48. The maximum atomic E-state index is 11.2. The van der Waals surface area contributed by atoms with Crippen molar-refractivity contribution in [2.24, 2.45) is 0 Å². The van der Waals surface area contributed by atoms with Crippen LogP contribution in [0.15, 0.2) is 60.9 Å². The quantitative estimate of drug-likeness (QED) is 0.578. The summed E-state index contributed by atoms with van der Waals surface area (Å²) in [7, 11) is 0. The number of fused-ring (bicyclic) bond motifs is 1. The second kappa shape index (κ2) is 6.20. The van der Waals surface area contributed by atoms with Gasteiger partial charge in [0.15, 0.2) is 6.29 Å². The monoisotopic (exact) mass is 265 g/mol. The van der Waals surface area contributed by atoms with Crippen LogP contribution in [0.25, 0.3) is 10.9 Å². The number of aromatic nitrogens is 1. The molecule has 2 aromatic rings. The summed E-state index contributed by atoms with van der Waals surface area (Å²) < 4.78 is 2.18. The van der Waals surface area contributed by atoms with Gasteiger partial charge in [0, 0.05) is 29.2 Å². The third-order valence-corrected chi connectivity index (χ3v) is 3.43. The Morgan fingerprint density at radius 3 is 2.85 bits per heavy atom. The molecule has 0 atom stereocenters. The van der Waals surface area contributed by atoms with Gasteiger partial charge in [-0.3, -0.25) is 4.79 Å².